The van der Waals surface area contributed by atoms with Crippen LogP contribution in [0.15, 0.2) is 10.7 Å². The van der Waals surface area contributed by atoms with Crippen LogP contribution in [0.4, 0.5) is 0 Å². The molecular weight excluding hydrogens is 294 g/mol. The van der Waals surface area contributed by atoms with Crippen molar-refractivity contribution in [1.82, 2.24) is 14.7 Å². The molecule has 1 heterocycles. The molecule has 0 bridgehead atoms. The monoisotopic (exact) mass is 315 g/mol. The van der Waals surface area contributed by atoms with Crippen LogP contribution in [0, 0.1) is 0 Å². The van der Waals surface area contributed by atoms with Crippen LogP contribution in [-0.2, 0) is 9.53 Å². The molecule has 0 aromatic carbocycles. The van der Waals surface area contributed by atoms with Gasteiger partial charge in [0.1, 0.15) is 11.9 Å². The average molecular weight is 315 g/mol. The highest BCUT2D eigenvalue weighted by Crippen LogP contribution is 2.39. The van der Waals surface area contributed by atoms with Crippen molar-refractivity contribution >= 4 is 29.3 Å². The maximum Gasteiger partial charge on any atom is 0.326 e. The van der Waals surface area contributed by atoms with E-state index >= 15 is 0 Å². The summed E-state index contributed by atoms with van der Waals surface area (Å²) in [6.07, 6.45) is 5.37. The minimum Gasteiger partial charge on any atom is -0.465 e. The molecule has 7 heteroatoms. The molecule has 1 aromatic rings. The van der Waals surface area contributed by atoms with E-state index in [4.69, 9.17) is 4.74 Å². The Hall–Kier alpha value is -0.660. The first kappa shape index (κ1) is 15.7. The van der Waals surface area contributed by atoms with Crippen molar-refractivity contribution in [3.05, 3.63) is 6.33 Å². The fraction of sp³-hybridized carbons (Fsp3) is 0.769. The summed E-state index contributed by atoms with van der Waals surface area (Å²) in [5.41, 5.74) is -0.522. The van der Waals surface area contributed by atoms with Crippen LogP contribution in [0.25, 0.3) is 0 Å². The molecule has 0 amide bonds. The van der Waals surface area contributed by atoms with E-state index < -0.39 is 5.54 Å². The van der Waals surface area contributed by atoms with E-state index in [-0.39, 0.29) is 5.97 Å². The summed E-state index contributed by atoms with van der Waals surface area (Å²) in [6.45, 7) is 5.09. The number of hydrogen-bond acceptors (Lipinski definition) is 7. The third-order valence-corrected chi connectivity index (χ3v) is 5.51. The van der Waals surface area contributed by atoms with Gasteiger partial charge in [-0.15, -0.1) is 0 Å². The van der Waals surface area contributed by atoms with Crippen LogP contribution < -0.4 is 5.32 Å². The predicted octanol–water partition coefficient (Wildman–Crippen LogP) is 2.48. The fourth-order valence-corrected chi connectivity index (χ4v) is 4.74. The molecule has 1 N–H and O–H groups in total. The summed E-state index contributed by atoms with van der Waals surface area (Å²) < 4.78 is 10.3. The van der Waals surface area contributed by atoms with Gasteiger partial charge in [0.2, 0.25) is 0 Å². The number of nitrogens with one attached hydrogen (secondary N) is 1. The Morgan fingerprint density at radius 2 is 2.50 bits per heavy atom. The molecule has 2 atom stereocenters. The number of nitrogens with zero attached hydrogens (tertiary/aromatic N) is 2. The Kier molecular flexibility index (Phi) is 5.80. The van der Waals surface area contributed by atoms with Gasteiger partial charge in [-0.3, -0.25) is 4.79 Å². The van der Waals surface area contributed by atoms with Gasteiger partial charge in [0.25, 0.3) is 0 Å². The van der Waals surface area contributed by atoms with Crippen LogP contribution in [0.1, 0.15) is 39.5 Å². The molecule has 0 aliphatic heterocycles. The number of likely N-dealkylation sites (N-methyl/N-ethyl adjacent to an activating group) is 1. The lowest BCUT2D eigenvalue weighted by molar-refractivity contribution is -0.152. The van der Waals surface area contributed by atoms with Crippen LogP contribution in [0.3, 0.4) is 0 Å². The lowest BCUT2D eigenvalue weighted by atomic mass is 9.81. The minimum atomic E-state index is -0.522. The quantitative estimate of drug-likeness (QED) is 0.814. The van der Waals surface area contributed by atoms with Gasteiger partial charge in [-0.25, -0.2) is 4.98 Å². The number of hydrogen-bond donors (Lipinski definition) is 1. The Balaban J connectivity index is 2.06. The lowest BCUT2D eigenvalue weighted by Crippen LogP contribution is -2.56. The second-order valence-corrected chi connectivity index (χ2v) is 7.20. The van der Waals surface area contributed by atoms with E-state index in [1.165, 1.54) is 11.5 Å². The third-order valence-electron chi connectivity index (χ3n) is 3.50. The molecule has 1 fully saturated rings. The van der Waals surface area contributed by atoms with Crippen molar-refractivity contribution in [3.63, 3.8) is 0 Å². The largest absolute Gasteiger partial charge is 0.465 e. The van der Waals surface area contributed by atoms with E-state index in [2.05, 4.69) is 14.7 Å². The van der Waals surface area contributed by atoms with E-state index in [1.807, 2.05) is 13.8 Å². The van der Waals surface area contributed by atoms with Crippen LogP contribution in [0.2, 0.25) is 0 Å². The highest BCUT2D eigenvalue weighted by molar-refractivity contribution is 8.01. The second-order valence-electron chi connectivity index (χ2n) is 4.88. The van der Waals surface area contributed by atoms with E-state index in [0.717, 1.165) is 36.6 Å². The predicted molar refractivity (Wildman–Crippen MR) is 81.1 cm³/mol. The second kappa shape index (κ2) is 7.38. The molecule has 0 spiro atoms. The maximum absolute atomic E-state index is 12.3. The SMILES string of the molecule is CCNC1(C(=O)OCC)CCCC(Sc2ncns2)C1. The molecule has 0 radical (unpaired) electrons. The number of thioether (sulfide) groups is 1. The van der Waals surface area contributed by atoms with Crippen molar-refractivity contribution < 1.29 is 9.53 Å². The number of carbonyl (C=O) groups is 1. The molecule has 112 valence electrons. The lowest BCUT2D eigenvalue weighted by Gasteiger charge is -2.38. The summed E-state index contributed by atoms with van der Waals surface area (Å²) in [6, 6.07) is 0. The van der Waals surface area contributed by atoms with Gasteiger partial charge < -0.3 is 10.1 Å². The first-order chi connectivity index (χ1) is 9.70. The highest BCUT2D eigenvalue weighted by Gasteiger charge is 2.43. The summed E-state index contributed by atoms with van der Waals surface area (Å²) >= 11 is 3.15. The van der Waals surface area contributed by atoms with Crippen molar-refractivity contribution in [1.29, 1.82) is 0 Å². The highest BCUT2D eigenvalue weighted by atomic mass is 32.2. The number of carbonyl (C=O) groups excluding carboxylic acids is 1. The zero-order chi connectivity index (χ0) is 14.4. The smallest absolute Gasteiger partial charge is 0.326 e. The summed E-state index contributed by atoms with van der Waals surface area (Å²) in [4.78, 5) is 16.6. The number of esters is 1. The van der Waals surface area contributed by atoms with Crippen molar-refractivity contribution in [2.45, 2.75) is 54.7 Å². The van der Waals surface area contributed by atoms with Gasteiger partial charge in [-0.2, -0.15) is 4.37 Å². The normalized spacial score (nSPS) is 26.4. The number of rotatable bonds is 6. The van der Waals surface area contributed by atoms with E-state index in [1.54, 1.807) is 18.1 Å². The van der Waals surface area contributed by atoms with Crippen LogP contribution >= 0.6 is 23.3 Å². The van der Waals surface area contributed by atoms with Crippen molar-refractivity contribution in [2.75, 3.05) is 13.2 Å². The van der Waals surface area contributed by atoms with Gasteiger partial charge in [0, 0.05) is 5.25 Å². The molecule has 2 unspecified atom stereocenters. The number of aromatic nitrogens is 2. The van der Waals surface area contributed by atoms with Gasteiger partial charge >= 0.3 is 5.97 Å². The molecule has 20 heavy (non-hydrogen) atoms. The summed E-state index contributed by atoms with van der Waals surface area (Å²) in [5.74, 6) is -0.107. The topological polar surface area (TPSA) is 64.1 Å². The third kappa shape index (κ3) is 3.71. The van der Waals surface area contributed by atoms with E-state index in [9.17, 15) is 4.79 Å². The Morgan fingerprint density at radius 3 is 3.15 bits per heavy atom. The zero-order valence-electron chi connectivity index (χ0n) is 11.9. The van der Waals surface area contributed by atoms with Crippen LogP contribution in [0.5, 0.6) is 0 Å². The van der Waals surface area contributed by atoms with Crippen LogP contribution in [-0.4, -0.2) is 39.3 Å². The minimum absolute atomic E-state index is 0.107. The van der Waals surface area contributed by atoms with Crippen molar-refractivity contribution in [2.24, 2.45) is 0 Å². The molecular formula is C13H21N3O2S2. The molecule has 1 aliphatic rings. The van der Waals surface area contributed by atoms with Gasteiger partial charge in [0.15, 0.2) is 4.34 Å². The molecule has 5 nitrogen and oxygen atoms in total. The number of ether oxygens (including phenoxy) is 1. The molecule has 1 saturated carbocycles. The van der Waals surface area contributed by atoms with Crippen molar-refractivity contribution in [3.8, 4) is 0 Å². The molecule has 0 saturated heterocycles. The van der Waals surface area contributed by atoms with E-state index in [0.29, 0.717) is 11.9 Å². The maximum atomic E-state index is 12.3. The van der Waals surface area contributed by atoms with Gasteiger partial charge in [-0.1, -0.05) is 18.7 Å². The Labute approximate surface area is 128 Å². The molecule has 2 rings (SSSR count). The Morgan fingerprint density at radius 1 is 1.65 bits per heavy atom. The van der Waals surface area contributed by atoms with Gasteiger partial charge in [0.05, 0.1) is 6.61 Å². The first-order valence-electron chi connectivity index (χ1n) is 7.05. The first-order valence-corrected chi connectivity index (χ1v) is 8.71. The Bertz CT molecular complexity index is 423. The summed E-state index contributed by atoms with van der Waals surface area (Å²) in [7, 11) is 0. The summed E-state index contributed by atoms with van der Waals surface area (Å²) in [5, 5.41) is 3.76. The fourth-order valence-electron chi connectivity index (χ4n) is 2.71. The average Bonchev–Trinajstić information content (AvgIpc) is 2.92. The standard InChI is InChI=1S/C13H21N3O2S2/c1-3-15-13(11(17)18-4-2)7-5-6-10(8-13)19-12-14-9-16-20-12/h9-10,15H,3-8H2,1-2H3. The molecule has 1 aromatic heterocycles. The van der Waals surface area contributed by atoms with Gasteiger partial charge in [-0.05, 0) is 50.7 Å². The zero-order valence-corrected chi connectivity index (χ0v) is 13.6. The molecule has 1 aliphatic carbocycles.